The topological polar surface area (TPSA) is 75.0 Å². The lowest BCUT2D eigenvalue weighted by molar-refractivity contribution is 0.00578. The Morgan fingerprint density at radius 2 is 1.38 bits per heavy atom. The maximum Gasteiger partial charge on any atom is 0.513 e. The Morgan fingerprint density at radius 1 is 0.860 bits per heavy atom. The van der Waals surface area contributed by atoms with Crippen LogP contribution in [-0.2, 0) is 18.5 Å². The van der Waals surface area contributed by atoms with Gasteiger partial charge < -0.3 is 23.4 Å². The number of carbonyl (C=O) groups excluding carboxylic acids is 1. The van der Waals surface area contributed by atoms with Crippen molar-refractivity contribution < 1.29 is 23.3 Å². The van der Waals surface area contributed by atoms with E-state index in [1.807, 2.05) is 60.6 Å². The van der Waals surface area contributed by atoms with E-state index in [0.29, 0.717) is 11.1 Å². The van der Waals surface area contributed by atoms with Crippen molar-refractivity contribution in [2.24, 2.45) is 0 Å². The van der Waals surface area contributed by atoms with Crippen molar-refractivity contribution in [2.45, 2.75) is 117 Å². The van der Waals surface area contributed by atoms with Crippen molar-refractivity contribution in [3.05, 3.63) is 78.4 Å². The summed E-state index contributed by atoms with van der Waals surface area (Å²) < 4.78 is 28.1. The fourth-order valence-electron chi connectivity index (χ4n) is 7.27. The van der Waals surface area contributed by atoms with E-state index in [2.05, 4.69) is 100 Å². The van der Waals surface area contributed by atoms with Gasteiger partial charge in [-0.1, -0.05) is 95.3 Å². The molecule has 2 aliphatic heterocycles. The Hall–Kier alpha value is -3.44. The molecule has 0 bridgehead atoms. The van der Waals surface area contributed by atoms with Crippen LogP contribution in [-0.4, -0.2) is 67.1 Å². The van der Waals surface area contributed by atoms with Crippen LogP contribution < -0.4 is 20.9 Å². The molecule has 4 heterocycles. The highest BCUT2D eigenvalue weighted by molar-refractivity contribution is 6.99. The minimum absolute atomic E-state index is 0.0283. The molecular formula is C40H54BN3O5Si. The number of hydrogen-bond acceptors (Lipinski definition) is 7. The first-order chi connectivity index (χ1) is 23.3. The van der Waals surface area contributed by atoms with E-state index in [1.54, 1.807) is 4.57 Å². The van der Waals surface area contributed by atoms with Gasteiger partial charge in [0, 0.05) is 13.1 Å². The summed E-state index contributed by atoms with van der Waals surface area (Å²) in [5.41, 5.74) is 1.14. The standard InChI is InChI=1S/C40H54BN3O5Si/c1-27(2)33-34-31(44(36(45)46-37(3,4)5)35(33)41-48-39(9,10)40(11,12)49-41)23-24-32(42-34)43-25-28(26-43)47-50(38(6,7)8,29-19-15-13-16-20-29)30-21-17-14-18-22-30/h13-24,27-28H,25-26H2,1-12H3. The van der Waals surface area contributed by atoms with Gasteiger partial charge in [0.2, 0.25) is 0 Å². The molecule has 2 fully saturated rings. The fraction of sp³-hybridized carbons (Fsp3) is 0.500. The van der Waals surface area contributed by atoms with E-state index in [1.165, 1.54) is 10.4 Å². The summed E-state index contributed by atoms with van der Waals surface area (Å²) in [6.07, 6.45) is -0.438. The number of carbonyl (C=O) groups is 1. The van der Waals surface area contributed by atoms with Crippen molar-refractivity contribution in [3.8, 4) is 0 Å². The number of benzene rings is 2. The highest BCUT2D eigenvalue weighted by atomic mass is 28.4. The average Bonchev–Trinajstić information content (AvgIpc) is 3.45. The molecular weight excluding hydrogens is 641 g/mol. The van der Waals surface area contributed by atoms with Crippen LogP contribution in [0.25, 0.3) is 11.0 Å². The van der Waals surface area contributed by atoms with Crippen molar-refractivity contribution in [1.29, 1.82) is 0 Å². The van der Waals surface area contributed by atoms with Gasteiger partial charge in [-0.25, -0.2) is 9.78 Å². The Labute approximate surface area is 299 Å². The minimum atomic E-state index is -2.69. The number of fused-ring (bicyclic) bond motifs is 1. The first kappa shape index (κ1) is 36.4. The van der Waals surface area contributed by atoms with Crippen LogP contribution in [0.2, 0.25) is 5.04 Å². The normalized spacial score (nSPS) is 18.2. The van der Waals surface area contributed by atoms with Crippen molar-refractivity contribution in [2.75, 3.05) is 18.0 Å². The maximum absolute atomic E-state index is 14.0. The monoisotopic (exact) mass is 695 g/mol. The number of pyridine rings is 1. The van der Waals surface area contributed by atoms with Gasteiger partial charge in [-0.3, -0.25) is 4.57 Å². The smallest absolute Gasteiger partial charge is 0.443 e. The lowest BCUT2D eigenvalue weighted by atomic mass is 9.78. The van der Waals surface area contributed by atoms with Crippen LogP contribution in [0.4, 0.5) is 10.6 Å². The molecule has 0 radical (unpaired) electrons. The summed E-state index contributed by atoms with van der Waals surface area (Å²) in [5.74, 6) is 0.879. The molecule has 266 valence electrons. The van der Waals surface area contributed by atoms with E-state index in [9.17, 15) is 4.79 Å². The lowest BCUT2D eigenvalue weighted by Crippen LogP contribution is -2.70. The molecule has 0 N–H and O–H groups in total. The van der Waals surface area contributed by atoms with E-state index in [4.69, 9.17) is 23.5 Å². The van der Waals surface area contributed by atoms with Gasteiger partial charge in [0.25, 0.3) is 8.32 Å². The van der Waals surface area contributed by atoms with E-state index in [0.717, 1.165) is 30.0 Å². The number of rotatable bonds is 7. The van der Waals surface area contributed by atoms with Gasteiger partial charge >= 0.3 is 13.2 Å². The van der Waals surface area contributed by atoms with Gasteiger partial charge in [0.1, 0.15) is 11.4 Å². The summed E-state index contributed by atoms with van der Waals surface area (Å²) in [7, 11) is -3.45. The number of aromatic nitrogens is 2. The van der Waals surface area contributed by atoms with Crippen molar-refractivity contribution in [3.63, 3.8) is 0 Å². The van der Waals surface area contributed by atoms with E-state index >= 15 is 0 Å². The molecule has 4 aromatic rings. The van der Waals surface area contributed by atoms with Gasteiger partial charge in [0.05, 0.1) is 33.9 Å². The minimum Gasteiger partial charge on any atom is -0.443 e. The molecule has 50 heavy (non-hydrogen) atoms. The van der Waals surface area contributed by atoms with Crippen LogP contribution in [0, 0.1) is 0 Å². The van der Waals surface area contributed by atoms with Gasteiger partial charge in [-0.15, -0.1) is 0 Å². The second-order valence-corrected chi connectivity index (χ2v) is 21.5. The number of hydrogen-bond donors (Lipinski definition) is 0. The first-order valence-corrected chi connectivity index (χ1v) is 19.8. The van der Waals surface area contributed by atoms with Crippen molar-refractivity contribution >= 4 is 54.3 Å². The molecule has 0 saturated carbocycles. The summed E-state index contributed by atoms with van der Waals surface area (Å²) >= 11 is 0. The predicted molar refractivity (Wildman–Crippen MR) is 206 cm³/mol. The first-order valence-electron chi connectivity index (χ1n) is 17.9. The fourth-order valence-corrected chi connectivity index (χ4v) is 11.9. The number of nitrogens with zero attached hydrogens (tertiary/aromatic N) is 3. The molecule has 0 aliphatic carbocycles. The SMILES string of the molecule is CC(C)c1c(B2OC(C)(C)C(C)(C)O2)n(C(=O)OC(C)(C)C)c2ccc(N3CC(O[Si](c4ccccc4)(c4ccccc4)C(C)(C)C)C3)nc12. The zero-order valence-corrected chi connectivity index (χ0v) is 33.0. The number of anilines is 1. The van der Waals surface area contributed by atoms with Crippen LogP contribution in [0.1, 0.15) is 94.6 Å². The number of ether oxygens (including phenoxy) is 1. The molecule has 0 atom stereocenters. The van der Waals surface area contributed by atoms with Crippen molar-refractivity contribution in [1.82, 2.24) is 9.55 Å². The van der Waals surface area contributed by atoms with Gasteiger partial charge in [0.15, 0.2) is 0 Å². The van der Waals surface area contributed by atoms with Crippen LogP contribution >= 0.6 is 0 Å². The Kier molecular flexibility index (Phi) is 9.20. The molecule has 0 amide bonds. The quantitative estimate of drug-likeness (QED) is 0.193. The third-order valence-electron chi connectivity index (χ3n) is 10.4. The van der Waals surface area contributed by atoms with Crippen LogP contribution in [0.15, 0.2) is 72.8 Å². The predicted octanol–water partition coefficient (Wildman–Crippen LogP) is 7.01. The third kappa shape index (κ3) is 6.33. The lowest BCUT2D eigenvalue weighted by Gasteiger charge is -2.50. The van der Waals surface area contributed by atoms with Crippen LogP contribution in [0.3, 0.4) is 0 Å². The largest absolute Gasteiger partial charge is 0.513 e. The van der Waals surface area contributed by atoms with Gasteiger partial charge in [-0.2, -0.15) is 0 Å². The second-order valence-electron chi connectivity index (χ2n) is 17.2. The molecule has 2 saturated heterocycles. The zero-order valence-electron chi connectivity index (χ0n) is 32.0. The summed E-state index contributed by atoms with van der Waals surface area (Å²) in [6.45, 7) is 26.3. The molecule has 2 aromatic heterocycles. The molecule has 0 spiro atoms. The highest BCUT2D eigenvalue weighted by Gasteiger charge is 2.55. The average molecular weight is 696 g/mol. The third-order valence-corrected chi connectivity index (χ3v) is 15.5. The Morgan fingerprint density at radius 3 is 1.84 bits per heavy atom. The molecule has 2 aliphatic rings. The van der Waals surface area contributed by atoms with E-state index < -0.39 is 38.3 Å². The van der Waals surface area contributed by atoms with E-state index in [-0.39, 0.29) is 17.1 Å². The summed E-state index contributed by atoms with van der Waals surface area (Å²) in [4.78, 5) is 21.5. The van der Waals surface area contributed by atoms with Gasteiger partial charge in [-0.05, 0) is 87.5 Å². The second kappa shape index (κ2) is 12.7. The summed E-state index contributed by atoms with van der Waals surface area (Å²) in [6, 6.07) is 25.5. The molecule has 10 heteroatoms. The molecule has 8 nitrogen and oxygen atoms in total. The highest BCUT2D eigenvalue weighted by Crippen LogP contribution is 2.41. The van der Waals surface area contributed by atoms with Crippen LogP contribution in [0.5, 0.6) is 0 Å². The zero-order chi connectivity index (χ0) is 36.4. The Balaban J connectivity index is 1.38. The molecule has 6 rings (SSSR count). The Bertz CT molecular complexity index is 1800. The maximum atomic E-state index is 14.0. The molecule has 2 aromatic carbocycles. The molecule has 0 unspecified atom stereocenters. The summed E-state index contributed by atoms with van der Waals surface area (Å²) in [5, 5.41) is 2.45.